The van der Waals surface area contributed by atoms with Gasteiger partial charge in [0.2, 0.25) is 0 Å². The van der Waals surface area contributed by atoms with E-state index in [0.717, 1.165) is 26.3 Å². The fourth-order valence-corrected chi connectivity index (χ4v) is 3.31. The van der Waals surface area contributed by atoms with E-state index in [4.69, 9.17) is 4.74 Å². The van der Waals surface area contributed by atoms with Crippen LogP contribution in [0.5, 0.6) is 5.75 Å². The Morgan fingerprint density at radius 1 is 1.19 bits per heavy atom. The van der Waals surface area contributed by atoms with Crippen molar-refractivity contribution in [2.24, 2.45) is 0 Å². The average molecular weight is 360 g/mol. The van der Waals surface area contributed by atoms with E-state index >= 15 is 0 Å². The highest BCUT2D eigenvalue weighted by atomic mass is 79.9. The highest BCUT2D eigenvalue weighted by Crippen LogP contribution is 2.27. The molecule has 0 N–H and O–H groups in total. The molecule has 2 aromatic carbocycles. The van der Waals surface area contributed by atoms with Gasteiger partial charge in [-0.1, -0.05) is 28.1 Å². The van der Waals surface area contributed by atoms with Crippen LogP contribution in [0, 0.1) is 0 Å². The molecule has 0 bridgehead atoms. The van der Waals surface area contributed by atoms with E-state index in [1.54, 1.807) is 11.3 Å². The summed E-state index contributed by atoms with van der Waals surface area (Å²) in [6, 6.07) is 14.2. The lowest BCUT2D eigenvalue weighted by Crippen LogP contribution is -1.93. The highest BCUT2D eigenvalue weighted by molar-refractivity contribution is 9.10. The first-order chi connectivity index (χ1) is 10.3. The summed E-state index contributed by atoms with van der Waals surface area (Å²) in [7, 11) is 0. The van der Waals surface area contributed by atoms with Crippen LogP contribution < -0.4 is 4.74 Å². The largest absolute Gasteiger partial charge is 0.493 e. The van der Waals surface area contributed by atoms with Gasteiger partial charge in [-0.15, -0.1) is 11.3 Å². The second-order valence-electron chi connectivity index (χ2n) is 4.47. The van der Waals surface area contributed by atoms with Crippen molar-refractivity contribution < 1.29 is 4.74 Å². The van der Waals surface area contributed by atoms with Crippen LogP contribution in [0.3, 0.4) is 0 Å². The van der Waals surface area contributed by atoms with Crippen molar-refractivity contribution >= 4 is 49.6 Å². The summed E-state index contributed by atoms with van der Waals surface area (Å²) >= 11 is 5.19. The topological polar surface area (TPSA) is 22.1 Å². The molecule has 0 unspecified atom stereocenters. The molecule has 0 aliphatic rings. The lowest BCUT2D eigenvalue weighted by Gasteiger charge is -2.07. The summed E-state index contributed by atoms with van der Waals surface area (Å²) < 4.78 is 7.89. The number of fused-ring (bicyclic) bond motifs is 1. The molecule has 1 heterocycles. The number of ether oxygens (including phenoxy) is 1. The third kappa shape index (κ3) is 3.34. The zero-order valence-electron chi connectivity index (χ0n) is 11.5. The van der Waals surface area contributed by atoms with Crippen molar-refractivity contribution in [1.82, 2.24) is 4.98 Å². The number of aromatic nitrogens is 1. The summed E-state index contributed by atoms with van der Waals surface area (Å²) in [6.07, 6.45) is 4.09. The Hall–Kier alpha value is -1.65. The number of thiazole rings is 1. The Morgan fingerprint density at radius 3 is 2.86 bits per heavy atom. The monoisotopic (exact) mass is 359 g/mol. The highest BCUT2D eigenvalue weighted by Gasteiger charge is 2.03. The van der Waals surface area contributed by atoms with E-state index in [1.807, 2.05) is 49.4 Å². The van der Waals surface area contributed by atoms with Crippen molar-refractivity contribution in [1.29, 1.82) is 0 Å². The smallest absolute Gasteiger partial charge is 0.126 e. The van der Waals surface area contributed by atoms with Crippen molar-refractivity contribution in [3.05, 3.63) is 57.5 Å². The van der Waals surface area contributed by atoms with E-state index in [2.05, 4.69) is 33.0 Å². The van der Waals surface area contributed by atoms with E-state index in [9.17, 15) is 0 Å². The molecule has 0 amide bonds. The Morgan fingerprint density at radius 2 is 2.05 bits per heavy atom. The number of hydrogen-bond donors (Lipinski definition) is 0. The minimum Gasteiger partial charge on any atom is -0.493 e. The van der Waals surface area contributed by atoms with Crippen LogP contribution >= 0.6 is 27.3 Å². The molecule has 0 aliphatic carbocycles. The Bertz CT molecular complexity index is 761. The second-order valence-corrected chi connectivity index (χ2v) is 6.45. The van der Waals surface area contributed by atoms with Gasteiger partial charge in [0.1, 0.15) is 10.8 Å². The maximum Gasteiger partial charge on any atom is 0.126 e. The van der Waals surface area contributed by atoms with E-state index in [-0.39, 0.29) is 0 Å². The zero-order chi connectivity index (χ0) is 14.7. The van der Waals surface area contributed by atoms with Gasteiger partial charge >= 0.3 is 0 Å². The zero-order valence-corrected chi connectivity index (χ0v) is 13.9. The normalized spacial score (nSPS) is 11.3. The number of hydrogen-bond acceptors (Lipinski definition) is 3. The van der Waals surface area contributed by atoms with Crippen LogP contribution in [-0.4, -0.2) is 11.6 Å². The number of para-hydroxylation sites is 1. The molecular formula is C17H14BrNOS. The predicted molar refractivity (Wildman–Crippen MR) is 93.9 cm³/mol. The van der Waals surface area contributed by atoms with Crippen molar-refractivity contribution in [3.63, 3.8) is 0 Å². The molecule has 21 heavy (non-hydrogen) atoms. The number of halogens is 1. The first-order valence-electron chi connectivity index (χ1n) is 6.72. The first-order valence-corrected chi connectivity index (χ1v) is 8.33. The van der Waals surface area contributed by atoms with Gasteiger partial charge in [-0.05, 0) is 49.4 Å². The Labute approximate surface area is 136 Å². The molecule has 0 aliphatic heterocycles. The van der Waals surface area contributed by atoms with Crippen LogP contribution in [-0.2, 0) is 0 Å². The molecule has 3 aromatic rings. The van der Waals surface area contributed by atoms with Crippen molar-refractivity contribution in [2.75, 3.05) is 6.61 Å². The first kappa shape index (κ1) is 14.3. The van der Waals surface area contributed by atoms with Gasteiger partial charge in [0.15, 0.2) is 0 Å². The molecule has 1 aromatic heterocycles. The fraction of sp³-hybridized carbons (Fsp3) is 0.118. The van der Waals surface area contributed by atoms with Crippen molar-refractivity contribution in [3.8, 4) is 5.75 Å². The lowest BCUT2D eigenvalue weighted by atomic mass is 10.2. The van der Waals surface area contributed by atoms with Gasteiger partial charge in [-0.25, -0.2) is 4.98 Å². The number of nitrogens with zero attached hydrogens (tertiary/aromatic N) is 1. The standard InChI is InChI=1S/C17H14BrNOS/c1-2-20-15-9-8-13(18)11-12(15)7-10-17-19-14-5-3-4-6-16(14)21-17/h3-11H,2H2,1H3/b10-7+. The quantitative estimate of drug-likeness (QED) is 0.602. The molecule has 0 saturated carbocycles. The van der Waals surface area contributed by atoms with Crippen LogP contribution in [0.25, 0.3) is 22.4 Å². The molecule has 0 atom stereocenters. The molecular weight excluding hydrogens is 346 g/mol. The third-order valence-electron chi connectivity index (χ3n) is 2.99. The van der Waals surface area contributed by atoms with Gasteiger partial charge in [0, 0.05) is 10.0 Å². The van der Waals surface area contributed by atoms with Gasteiger partial charge in [-0.2, -0.15) is 0 Å². The summed E-state index contributed by atoms with van der Waals surface area (Å²) in [5.41, 5.74) is 2.09. The minimum absolute atomic E-state index is 0.656. The Kier molecular flexibility index (Phi) is 4.36. The van der Waals surface area contributed by atoms with E-state index < -0.39 is 0 Å². The molecule has 3 rings (SSSR count). The number of benzene rings is 2. The van der Waals surface area contributed by atoms with Gasteiger partial charge in [0.05, 0.1) is 16.8 Å². The predicted octanol–water partition coefficient (Wildman–Crippen LogP) is 5.63. The summed E-state index contributed by atoms with van der Waals surface area (Å²) in [5.74, 6) is 0.887. The number of rotatable bonds is 4. The second kappa shape index (κ2) is 6.41. The van der Waals surface area contributed by atoms with Crippen LogP contribution in [0.2, 0.25) is 0 Å². The fourth-order valence-electron chi connectivity index (χ4n) is 2.06. The molecule has 0 fully saturated rings. The summed E-state index contributed by atoms with van der Waals surface area (Å²) in [6.45, 7) is 2.65. The molecule has 4 heteroatoms. The molecule has 0 radical (unpaired) electrons. The van der Waals surface area contributed by atoms with Gasteiger partial charge < -0.3 is 4.74 Å². The lowest BCUT2D eigenvalue weighted by molar-refractivity contribution is 0.339. The molecule has 106 valence electrons. The average Bonchev–Trinajstić information content (AvgIpc) is 2.90. The minimum atomic E-state index is 0.656. The van der Waals surface area contributed by atoms with Crippen LogP contribution in [0.15, 0.2) is 46.9 Å². The Balaban J connectivity index is 1.93. The maximum atomic E-state index is 5.65. The van der Waals surface area contributed by atoms with Gasteiger partial charge in [0.25, 0.3) is 0 Å². The van der Waals surface area contributed by atoms with Crippen molar-refractivity contribution in [2.45, 2.75) is 6.92 Å². The molecule has 2 nitrogen and oxygen atoms in total. The van der Waals surface area contributed by atoms with E-state index in [1.165, 1.54) is 4.70 Å². The third-order valence-corrected chi connectivity index (χ3v) is 4.48. The van der Waals surface area contributed by atoms with Gasteiger partial charge in [-0.3, -0.25) is 0 Å². The summed E-state index contributed by atoms with van der Waals surface area (Å²) in [4.78, 5) is 4.61. The van der Waals surface area contributed by atoms with E-state index in [0.29, 0.717) is 6.61 Å². The molecule has 0 spiro atoms. The maximum absolute atomic E-state index is 5.65. The van der Waals surface area contributed by atoms with Crippen LogP contribution in [0.4, 0.5) is 0 Å². The molecule has 0 saturated heterocycles. The summed E-state index contributed by atoms with van der Waals surface area (Å²) in [5, 5.41) is 0.999. The SMILES string of the molecule is CCOc1ccc(Br)cc1/C=C/c1nc2ccccc2s1. The van der Waals surface area contributed by atoms with Crippen LogP contribution in [0.1, 0.15) is 17.5 Å².